The summed E-state index contributed by atoms with van der Waals surface area (Å²) in [6.07, 6.45) is 3.04. The maximum absolute atomic E-state index is 12.0. The van der Waals surface area contributed by atoms with Gasteiger partial charge in [0.2, 0.25) is 11.8 Å². The van der Waals surface area contributed by atoms with E-state index in [1.165, 1.54) is 11.0 Å². The molecule has 2 heterocycles. The second-order valence-electron chi connectivity index (χ2n) is 5.59. The third-order valence-corrected chi connectivity index (χ3v) is 4.63. The molecule has 6 heteroatoms. The summed E-state index contributed by atoms with van der Waals surface area (Å²) in [5, 5.41) is 4.97. The van der Waals surface area contributed by atoms with E-state index < -0.39 is 0 Å². The van der Waals surface area contributed by atoms with Crippen LogP contribution in [0.4, 0.5) is 0 Å². The minimum absolute atomic E-state index is 0.159. The number of aromatic nitrogens is 1. The summed E-state index contributed by atoms with van der Waals surface area (Å²) in [7, 11) is 4.01. The van der Waals surface area contributed by atoms with E-state index in [-0.39, 0.29) is 11.9 Å². The fourth-order valence-electron chi connectivity index (χ4n) is 2.38. The van der Waals surface area contributed by atoms with E-state index in [0.29, 0.717) is 18.0 Å². The van der Waals surface area contributed by atoms with Gasteiger partial charge in [0.1, 0.15) is 5.52 Å². The molecule has 0 aliphatic rings. The zero-order chi connectivity index (χ0) is 16.9. The first kappa shape index (κ1) is 16.4. The average molecular weight is 341 g/mol. The van der Waals surface area contributed by atoms with E-state index >= 15 is 0 Å². The molecule has 5 nitrogen and oxygen atoms in total. The Morgan fingerprint density at radius 1 is 1.33 bits per heavy atom. The van der Waals surface area contributed by atoms with Crippen LogP contribution < -0.4 is 5.32 Å². The molecule has 0 spiro atoms. The number of nitrogens with zero attached hydrogens (tertiary/aromatic N) is 2. The van der Waals surface area contributed by atoms with Crippen LogP contribution in [0.2, 0.25) is 0 Å². The number of amides is 1. The molecule has 24 heavy (non-hydrogen) atoms. The number of oxazole rings is 1. The van der Waals surface area contributed by atoms with Gasteiger partial charge in [0.25, 0.3) is 0 Å². The van der Waals surface area contributed by atoms with Crippen molar-refractivity contribution in [2.75, 3.05) is 20.6 Å². The van der Waals surface area contributed by atoms with E-state index in [1.807, 2.05) is 49.8 Å². The fourth-order valence-corrected chi connectivity index (χ4v) is 3.31. The van der Waals surface area contributed by atoms with Gasteiger partial charge >= 0.3 is 0 Å². The van der Waals surface area contributed by atoms with Gasteiger partial charge in [0.05, 0.1) is 6.04 Å². The molecule has 2 aromatic heterocycles. The van der Waals surface area contributed by atoms with Crippen LogP contribution in [0, 0.1) is 0 Å². The molecule has 0 bridgehead atoms. The summed E-state index contributed by atoms with van der Waals surface area (Å²) in [5.41, 5.74) is 1.49. The van der Waals surface area contributed by atoms with Gasteiger partial charge in [-0.1, -0.05) is 18.2 Å². The van der Waals surface area contributed by atoms with E-state index in [9.17, 15) is 4.79 Å². The summed E-state index contributed by atoms with van der Waals surface area (Å²) >= 11 is 1.69. The number of carbonyl (C=O) groups excluding carboxylic acids is 1. The largest absolute Gasteiger partial charge is 0.437 e. The molecule has 124 valence electrons. The zero-order valence-corrected chi connectivity index (χ0v) is 14.4. The number of fused-ring (bicyclic) bond motifs is 1. The average Bonchev–Trinajstić information content (AvgIpc) is 3.22. The molecule has 0 saturated carbocycles. The van der Waals surface area contributed by atoms with Crippen molar-refractivity contribution in [2.45, 2.75) is 6.04 Å². The van der Waals surface area contributed by atoms with E-state index in [2.05, 4.69) is 21.3 Å². The molecule has 0 fully saturated rings. The quantitative estimate of drug-likeness (QED) is 0.699. The van der Waals surface area contributed by atoms with Gasteiger partial charge in [0.15, 0.2) is 5.58 Å². The molecular weight excluding hydrogens is 322 g/mol. The first-order valence-electron chi connectivity index (χ1n) is 7.65. The lowest BCUT2D eigenvalue weighted by molar-refractivity contribution is -0.116. The van der Waals surface area contributed by atoms with Crippen LogP contribution in [0.15, 0.2) is 52.3 Å². The number of rotatable bonds is 6. The Morgan fingerprint density at radius 3 is 2.88 bits per heavy atom. The predicted molar refractivity (Wildman–Crippen MR) is 96.8 cm³/mol. The molecule has 1 atom stereocenters. The number of nitrogens with one attached hydrogen (secondary N) is 1. The molecule has 3 aromatic rings. The maximum atomic E-state index is 12.0. The first-order valence-corrected chi connectivity index (χ1v) is 8.53. The summed E-state index contributed by atoms with van der Waals surface area (Å²) in [4.78, 5) is 19.7. The monoisotopic (exact) mass is 341 g/mol. The molecule has 0 aliphatic carbocycles. The zero-order valence-electron chi connectivity index (χ0n) is 13.6. The number of likely N-dealkylation sites (N-methyl/N-ethyl adjacent to an activating group) is 1. The Morgan fingerprint density at radius 2 is 2.17 bits per heavy atom. The number of para-hydroxylation sites is 2. The first-order chi connectivity index (χ1) is 11.6. The minimum Gasteiger partial charge on any atom is -0.437 e. The van der Waals surface area contributed by atoms with Crippen LogP contribution in [0.25, 0.3) is 17.2 Å². The summed E-state index contributed by atoms with van der Waals surface area (Å²) < 4.78 is 5.56. The lowest BCUT2D eigenvalue weighted by atomic mass is 10.2. The number of hydrogen-bond donors (Lipinski definition) is 1. The van der Waals surface area contributed by atoms with Gasteiger partial charge in [0, 0.05) is 23.6 Å². The lowest BCUT2D eigenvalue weighted by Crippen LogP contribution is -2.33. The van der Waals surface area contributed by atoms with Crippen molar-refractivity contribution in [1.29, 1.82) is 0 Å². The second-order valence-corrected chi connectivity index (χ2v) is 6.57. The number of carbonyl (C=O) groups is 1. The van der Waals surface area contributed by atoms with Crippen molar-refractivity contribution < 1.29 is 9.21 Å². The number of thiophene rings is 1. The van der Waals surface area contributed by atoms with Crippen molar-refractivity contribution in [3.05, 3.63) is 58.6 Å². The van der Waals surface area contributed by atoms with E-state index in [1.54, 1.807) is 17.4 Å². The molecule has 1 amide bonds. The van der Waals surface area contributed by atoms with Gasteiger partial charge < -0.3 is 14.6 Å². The number of hydrogen-bond acceptors (Lipinski definition) is 5. The maximum Gasteiger partial charge on any atom is 0.244 e. The van der Waals surface area contributed by atoms with E-state index in [4.69, 9.17) is 4.42 Å². The van der Waals surface area contributed by atoms with E-state index in [0.717, 1.165) is 5.52 Å². The summed E-state index contributed by atoms with van der Waals surface area (Å²) in [6, 6.07) is 11.8. The molecule has 0 radical (unpaired) electrons. The fraction of sp³-hybridized carbons (Fsp3) is 0.222. The Balaban J connectivity index is 1.60. The Kier molecular flexibility index (Phi) is 5.08. The topological polar surface area (TPSA) is 58.4 Å². The molecule has 1 unspecified atom stereocenters. The van der Waals surface area contributed by atoms with Crippen molar-refractivity contribution in [2.24, 2.45) is 0 Å². The molecular formula is C18H19N3O2S. The smallest absolute Gasteiger partial charge is 0.244 e. The van der Waals surface area contributed by atoms with Crippen LogP contribution in [0.3, 0.4) is 0 Å². The Hall–Kier alpha value is -2.44. The highest BCUT2D eigenvalue weighted by Gasteiger charge is 2.15. The van der Waals surface area contributed by atoms with Crippen molar-refractivity contribution in [1.82, 2.24) is 15.2 Å². The third kappa shape index (κ3) is 3.90. The highest BCUT2D eigenvalue weighted by molar-refractivity contribution is 7.10. The van der Waals surface area contributed by atoms with Gasteiger partial charge in [-0.15, -0.1) is 11.3 Å². The Bertz CT molecular complexity index is 804. The molecule has 0 aliphatic heterocycles. The van der Waals surface area contributed by atoms with Gasteiger partial charge in [-0.25, -0.2) is 4.98 Å². The molecule has 3 rings (SSSR count). The predicted octanol–water partition coefficient (Wildman–Crippen LogP) is 3.32. The summed E-state index contributed by atoms with van der Waals surface area (Å²) in [6.45, 7) is 0.546. The number of benzene rings is 1. The molecule has 1 N–H and O–H groups in total. The van der Waals surface area contributed by atoms with Gasteiger partial charge in [-0.3, -0.25) is 4.79 Å². The minimum atomic E-state index is -0.166. The van der Waals surface area contributed by atoms with Crippen LogP contribution >= 0.6 is 11.3 Å². The van der Waals surface area contributed by atoms with Crippen molar-refractivity contribution in [3.8, 4) is 0 Å². The molecule has 0 saturated heterocycles. The summed E-state index contributed by atoms with van der Waals surface area (Å²) in [5.74, 6) is 0.259. The van der Waals surface area contributed by atoms with Crippen LogP contribution in [-0.4, -0.2) is 36.4 Å². The van der Waals surface area contributed by atoms with Crippen LogP contribution in [0.1, 0.15) is 16.8 Å². The second kappa shape index (κ2) is 7.42. The van der Waals surface area contributed by atoms with Crippen molar-refractivity contribution in [3.63, 3.8) is 0 Å². The van der Waals surface area contributed by atoms with Gasteiger partial charge in [-0.2, -0.15) is 0 Å². The molecule has 1 aromatic carbocycles. The van der Waals surface area contributed by atoms with Crippen LogP contribution in [0.5, 0.6) is 0 Å². The highest BCUT2D eigenvalue weighted by atomic mass is 32.1. The highest BCUT2D eigenvalue weighted by Crippen LogP contribution is 2.22. The third-order valence-electron chi connectivity index (χ3n) is 3.65. The Labute approximate surface area is 144 Å². The normalized spacial score (nSPS) is 13.0. The SMILES string of the molecule is CN(C)C(CNC(=O)/C=C/c1nc2ccccc2o1)c1cccs1. The van der Waals surface area contributed by atoms with Crippen molar-refractivity contribution >= 4 is 34.4 Å². The standard InChI is InChI=1S/C18H19N3O2S/c1-21(2)14(16-8-5-11-24-16)12-19-17(22)9-10-18-20-13-6-3-4-7-15(13)23-18/h3-11,14H,12H2,1-2H3,(H,19,22)/b10-9+. The van der Waals surface area contributed by atoms with Crippen LogP contribution in [-0.2, 0) is 4.79 Å². The van der Waals surface area contributed by atoms with Gasteiger partial charge in [-0.05, 0) is 37.7 Å². The lowest BCUT2D eigenvalue weighted by Gasteiger charge is -2.23.